The topological polar surface area (TPSA) is 49.6 Å². The average molecular weight is 412 g/mol. The van der Waals surface area contributed by atoms with Gasteiger partial charge in [0, 0.05) is 50.4 Å². The van der Waals surface area contributed by atoms with Crippen LogP contribution in [0.4, 0.5) is 5.82 Å². The molecule has 0 aliphatic carbocycles. The summed E-state index contributed by atoms with van der Waals surface area (Å²) in [5, 5.41) is 1.69. The van der Waals surface area contributed by atoms with Gasteiger partial charge < -0.3 is 9.32 Å². The lowest BCUT2D eigenvalue weighted by Gasteiger charge is -2.35. The highest BCUT2D eigenvalue weighted by Gasteiger charge is 2.20. The molecular weight excluding hydrogens is 386 g/mol. The van der Waals surface area contributed by atoms with Crippen molar-refractivity contribution in [2.45, 2.75) is 33.2 Å². The van der Waals surface area contributed by atoms with E-state index >= 15 is 0 Å². The zero-order chi connectivity index (χ0) is 20.5. The molecular formula is C23H26ClN3O2. The lowest BCUT2D eigenvalue weighted by Crippen LogP contribution is -2.46. The SMILES string of the molecule is Cc1cc2oc(=O)cc(CN3CCN(c4ccc(Cl)cn4)CC3)c2cc1C(C)C. The highest BCUT2D eigenvalue weighted by atomic mass is 35.5. The maximum Gasteiger partial charge on any atom is 0.336 e. The zero-order valence-corrected chi connectivity index (χ0v) is 17.9. The van der Waals surface area contributed by atoms with Gasteiger partial charge in [0.05, 0.1) is 5.02 Å². The van der Waals surface area contributed by atoms with E-state index in [1.165, 1.54) is 5.56 Å². The van der Waals surface area contributed by atoms with Crippen molar-refractivity contribution in [1.82, 2.24) is 9.88 Å². The Morgan fingerprint density at radius 3 is 2.55 bits per heavy atom. The van der Waals surface area contributed by atoms with Gasteiger partial charge in [-0.15, -0.1) is 0 Å². The van der Waals surface area contributed by atoms with E-state index in [9.17, 15) is 4.79 Å². The Bertz CT molecular complexity index is 1070. The molecule has 6 heteroatoms. The molecule has 1 aliphatic rings. The molecule has 4 rings (SSSR count). The van der Waals surface area contributed by atoms with E-state index in [1.54, 1.807) is 12.3 Å². The molecule has 1 fully saturated rings. The van der Waals surface area contributed by atoms with Crippen molar-refractivity contribution in [2.75, 3.05) is 31.1 Å². The van der Waals surface area contributed by atoms with Crippen molar-refractivity contribution in [3.63, 3.8) is 0 Å². The molecule has 5 nitrogen and oxygen atoms in total. The lowest BCUT2D eigenvalue weighted by molar-refractivity contribution is 0.249. The third kappa shape index (κ3) is 4.31. The van der Waals surface area contributed by atoms with Crippen LogP contribution < -0.4 is 10.5 Å². The van der Waals surface area contributed by atoms with Gasteiger partial charge in [0.15, 0.2) is 0 Å². The van der Waals surface area contributed by atoms with Crippen LogP contribution in [0.5, 0.6) is 0 Å². The van der Waals surface area contributed by atoms with Crippen LogP contribution in [0, 0.1) is 6.92 Å². The van der Waals surface area contributed by atoms with Gasteiger partial charge in [-0.1, -0.05) is 25.4 Å². The summed E-state index contributed by atoms with van der Waals surface area (Å²) in [5.74, 6) is 1.38. The first-order valence-electron chi connectivity index (χ1n) is 10.1. The molecule has 29 heavy (non-hydrogen) atoms. The first kappa shape index (κ1) is 19.9. The minimum absolute atomic E-state index is 0.284. The first-order chi connectivity index (χ1) is 13.9. The van der Waals surface area contributed by atoms with Crippen LogP contribution in [-0.4, -0.2) is 36.1 Å². The second-order valence-electron chi connectivity index (χ2n) is 8.05. The number of aryl methyl sites for hydroxylation is 1. The number of pyridine rings is 1. The van der Waals surface area contributed by atoms with Crippen LogP contribution in [-0.2, 0) is 6.54 Å². The Morgan fingerprint density at radius 2 is 1.90 bits per heavy atom. The number of benzene rings is 1. The van der Waals surface area contributed by atoms with Gasteiger partial charge in [-0.3, -0.25) is 4.90 Å². The molecule has 0 atom stereocenters. The summed E-state index contributed by atoms with van der Waals surface area (Å²) in [7, 11) is 0. The van der Waals surface area contributed by atoms with Crippen molar-refractivity contribution >= 4 is 28.4 Å². The Labute approximate surface area is 175 Å². The van der Waals surface area contributed by atoms with Crippen molar-refractivity contribution < 1.29 is 4.42 Å². The summed E-state index contributed by atoms with van der Waals surface area (Å²) in [5.41, 5.74) is 3.89. The molecule has 2 aromatic heterocycles. The van der Waals surface area contributed by atoms with Gasteiger partial charge in [-0.2, -0.15) is 0 Å². The van der Waals surface area contributed by atoms with E-state index < -0.39 is 0 Å². The quantitative estimate of drug-likeness (QED) is 0.587. The molecule has 152 valence electrons. The Kier molecular flexibility index (Phi) is 5.61. The third-order valence-electron chi connectivity index (χ3n) is 5.64. The lowest BCUT2D eigenvalue weighted by atomic mass is 9.95. The van der Waals surface area contributed by atoms with Crippen molar-refractivity contribution in [3.05, 3.63) is 68.7 Å². The molecule has 0 amide bonds. The van der Waals surface area contributed by atoms with Crippen LogP contribution in [0.25, 0.3) is 11.0 Å². The minimum Gasteiger partial charge on any atom is -0.423 e. The van der Waals surface area contributed by atoms with Crippen molar-refractivity contribution in [3.8, 4) is 0 Å². The minimum atomic E-state index is -0.284. The molecule has 0 bridgehead atoms. The molecule has 3 heterocycles. The summed E-state index contributed by atoms with van der Waals surface area (Å²) in [6.07, 6.45) is 1.69. The number of hydrogen-bond donors (Lipinski definition) is 0. The van der Waals surface area contributed by atoms with Crippen molar-refractivity contribution in [1.29, 1.82) is 0 Å². The van der Waals surface area contributed by atoms with Crippen LogP contribution in [0.2, 0.25) is 5.02 Å². The monoisotopic (exact) mass is 411 g/mol. The first-order valence-corrected chi connectivity index (χ1v) is 10.4. The summed E-state index contributed by atoms with van der Waals surface area (Å²) in [6.45, 7) is 10.8. The summed E-state index contributed by atoms with van der Waals surface area (Å²) < 4.78 is 5.49. The van der Waals surface area contributed by atoms with E-state index in [1.807, 2.05) is 18.2 Å². The largest absolute Gasteiger partial charge is 0.423 e. The molecule has 0 unspecified atom stereocenters. The average Bonchev–Trinajstić information content (AvgIpc) is 2.68. The molecule has 0 radical (unpaired) electrons. The van der Waals surface area contributed by atoms with Crippen LogP contribution in [0.3, 0.4) is 0 Å². The van der Waals surface area contributed by atoms with Crippen LogP contribution >= 0.6 is 11.6 Å². The van der Waals surface area contributed by atoms with Gasteiger partial charge in [-0.25, -0.2) is 9.78 Å². The van der Waals surface area contributed by atoms with E-state index in [4.69, 9.17) is 16.0 Å². The number of anilines is 1. The van der Waals surface area contributed by atoms with Gasteiger partial charge in [-0.05, 0) is 53.8 Å². The maximum absolute atomic E-state index is 12.1. The maximum atomic E-state index is 12.1. The summed E-state index contributed by atoms with van der Waals surface area (Å²) >= 11 is 5.94. The van der Waals surface area contributed by atoms with Gasteiger partial charge in [0.25, 0.3) is 0 Å². The Balaban J connectivity index is 1.54. The predicted molar refractivity (Wildman–Crippen MR) is 118 cm³/mol. The second kappa shape index (κ2) is 8.17. The summed E-state index contributed by atoms with van der Waals surface area (Å²) in [4.78, 5) is 21.2. The van der Waals surface area contributed by atoms with Gasteiger partial charge in [0.2, 0.25) is 0 Å². The van der Waals surface area contributed by atoms with E-state index in [0.717, 1.165) is 55.1 Å². The Morgan fingerprint density at radius 1 is 1.14 bits per heavy atom. The van der Waals surface area contributed by atoms with E-state index in [-0.39, 0.29) is 5.63 Å². The van der Waals surface area contributed by atoms with E-state index in [2.05, 4.69) is 41.6 Å². The fraction of sp³-hybridized carbons (Fsp3) is 0.391. The predicted octanol–water partition coefficient (Wildman–Crippen LogP) is 4.60. The van der Waals surface area contributed by atoms with E-state index in [0.29, 0.717) is 16.5 Å². The van der Waals surface area contributed by atoms with Crippen LogP contribution in [0.15, 0.2) is 45.7 Å². The second-order valence-corrected chi connectivity index (χ2v) is 8.48. The molecule has 0 N–H and O–H groups in total. The number of fused-ring (bicyclic) bond motifs is 1. The molecule has 3 aromatic rings. The standard InChI is InChI=1S/C23H26ClN3O2/c1-15(2)19-12-20-17(11-23(28)29-21(20)10-16(19)3)14-26-6-8-27(9-7-26)22-5-4-18(24)13-25-22/h4-5,10-13,15H,6-9,14H2,1-3H3. The molecule has 1 aromatic carbocycles. The molecule has 0 spiro atoms. The zero-order valence-electron chi connectivity index (χ0n) is 17.1. The van der Waals surface area contributed by atoms with Gasteiger partial charge in [0.1, 0.15) is 11.4 Å². The van der Waals surface area contributed by atoms with Crippen LogP contribution in [0.1, 0.15) is 36.5 Å². The highest BCUT2D eigenvalue weighted by molar-refractivity contribution is 6.30. The molecule has 0 saturated carbocycles. The number of rotatable bonds is 4. The van der Waals surface area contributed by atoms with Crippen molar-refractivity contribution in [2.24, 2.45) is 0 Å². The Hall–Kier alpha value is -2.37. The van der Waals surface area contributed by atoms with Gasteiger partial charge >= 0.3 is 5.63 Å². The molecule has 1 aliphatic heterocycles. The highest BCUT2D eigenvalue weighted by Crippen LogP contribution is 2.27. The normalized spacial score (nSPS) is 15.4. The number of hydrogen-bond acceptors (Lipinski definition) is 5. The number of aromatic nitrogens is 1. The third-order valence-corrected chi connectivity index (χ3v) is 5.86. The molecule has 1 saturated heterocycles. The fourth-order valence-electron chi connectivity index (χ4n) is 4.08. The smallest absolute Gasteiger partial charge is 0.336 e. The fourth-order valence-corrected chi connectivity index (χ4v) is 4.19. The number of piperazine rings is 1. The number of halogens is 1. The summed E-state index contributed by atoms with van der Waals surface area (Å²) in [6, 6.07) is 9.68. The number of nitrogens with zero attached hydrogens (tertiary/aromatic N) is 3.